The zero-order chi connectivity index (χ0) is 10.7. The van der Waals surface area contributed by atoms with Gasteiger partial charge in [0.1, 0.15) is 5.82 Å². The van der Waals surface area contributed by atoms with E-state index in [1.54, 1.807) is 6.20 Å². The molecular formula is C12H14ClN3. The molecule has 3 saturated carbocycles. The van der Waals surface area contributed by atoms with E-state index in [2.05, 4.69) is 15.3 Å². The summed E-state index contributed by atoms with van der Waals surface area (Å²) in [5.74, 6) is 4.72. The Labute approximate surface area is 99.6 Å². The monoisotopic (exact) mass is 235 g/mol. The molecule has 84 valence electrons. The highest BCUT2D eigenvalue weighted by molar-refractivity contribution is 6.28. The van der Waals surface area contributed by atoms with Crippen LogP contribution in [0.4, 0.5) is 5.82 Å². The molecule has 1 aromatic rings. The Bertz CT molecular complexity index is 420. The van der Waals surface area contributed by atoms with Gasteiger partial charge in [-0.3, -0.25) is 0 Å². The molecule has 3 aliphatic rings. The number of hydrogen-bond donors (Lipinski definition) is 1. The second-order valence-electron chi connectivity index (χ2n) is 5.37. The predicted molar refractivity (Wildman–Crippen MR) is 62.3 cm³/mol. The Morgan fingerprint density at radius 2 is 2.00 bits per heavy atom. The molecule has 4 heteroatoms. The highest BCUT2D eigenvalue weighted by atomic mass is 35.5. The number of nitrogens with one attached hydrogen (secondary N) is 1. The van der Waals surface area contributed by atoms with Crippen LogP contribution in [0.2, 0.25) is 5.28 Å². The van der Waals surface area contributed by atoms with Gasteiger partial charge in [0.2, 0.25) is 5.28 Å². The van der Waals surface area contributed by atoms with E-state index in [0.717, 1.165) is 29.5 Å². The first kappa shape index (κ1) is 9.23. The van der Waals surface area contributed by atoms with E-state index in [1.807, 2.05) is 6.07 Å². The van der Waals surface area contributed by atoms with Crippen LogP contribution in [-0.2, 0) is 0 Å². The molecule has 4 unspecified atom stereocenters. The summed E-state index contributed by atoms with van der Waals surface area (Å²) in [6.45, 7) is 0. The topological polar surface area (TPSA) is 37.8 Å². The molecule has 3 fully saturated rings. The minimum Gasteiger partial charge on any atom is -0.367 e. The van der Waals surface area contributed by atoms with Crippen molar-refractivity contribution in [2.75, 3.05) is 5.32 Å². The average Bonchev–Trinajstić information content (AvgIpc) is 2.70. The SMILES string of the molecule is Clc1nccc(NC2C3C4CCC(C4)C23)n1. The zero-order valence-corrected chi connectivity index (χ0v) is 9.69. The number of fused-ring (bicyclic) bond motifs is 5. The molecule has 0 spiro atoms. The highest BCUT2D eigenvalue weighted by Crippen LogP contribution is 2.66. The van der Waals surface area contributed by atoms with E-state index >= 15 is 0 Å². The van der Waals surface area contributed by atoms with Crippen LogP contribution in [0.15, 0.2) is 12.3 Å². The second kappa shape index (κ2) is 3.10. The zero-order valence-electron chi connectivity index (χ0n) is 8.94. The van der Waals surface area contributed by atoms with Crippen LogP contribution in [0.25, 0.3) is 0 Å². The van der Waals surface area contributed by atoms with E-state index in [4.69, 9.17) is 11.6 Å². The molecule has 4 atom stereocenters. The lowest BCUT2D eigenvalue weighted by atomic mass is 10.0. The van der Waals surface area contributed by atoms with Gasteiger partial charge in [-0.15, -0.1) is 0 Å². The fraction of sp³-hybridized carbons (Fsp3) is 0.667. The second-order valence-corrected chi connectivity index (χ2v) is 5.71. The van der Waals surface area contributed by atoms with Crippen molar-refractivity contribution in [1.29, 1.82) is 0 Å². The lowest BCUT2D eigenvalue weighted by Gasteiger charge is -2.10. The fourth-order valence-corrected chi connectivity index (χ4v) is 4.25. The molecule has 1 N–H and O–H groups in total. The smallest absolute Gasteiger partial charge is 0.224 e. The van der Waals surface area contributed by atoms with Gasteiger partial charge in [-0.2, -0.15) is 0 Å². The van der Waals surface area contributed by atoms with Crippen molar-refractivity contribution in [3.05, 3.63) is 17.5 Å². The number of rotatable bonds is 2. The van der Waals surface area contributed by atoms with Crippen molar-refractivity contribution >= 4 is 17.4 Å². The summed E-state index contributed by atoms with van der Waals surface area (Å²) in [4.78, 5) is 8.09. The minimum absolute atomic E-state index is 0.332. The maximum absolute atomic E-state index is 5.78. The molecule has 0 radical (unpaired) electrons. The van der Waals surface area contributed by atoms with Crippen LogP contribution in [0, 0.1) is 23.7 Å². The summed E-state index contributed by atoms with van der Waals surface area (Å²) in [5.41, 5.74) is 0. The van der Waals surface area contributed by atoms with Gasteiger partial charge in [-0.1, -0.05) is 0 Å². The molecule has 1 aromatic heterocycles. The van der Waals surface area contributed by atoms with Crippen molar-refractivity contribution in [3.8, 4) is 0 Å². The molecule has 2 bridgehead atoms. The third-order valence-electron chi connectivity index (χ3n) is 4.68. The Hall–Kier alpha value is -0.830. The standard InChI is InChI=1S/C12H14ClN3/c13-12-14-4-3-8(16-12)15-11-9-6-1-2-7(5-6)10(9)11/h3-4,6-7,9-11H,1-2,5H2,(H,14,15,16). The van der Waals surface area contributed by atoms with Crippen molar-refractivity contribution in [1.82, 2.24) is 9.97 Å². The lowest BCUT2D eigenvalue weighted by Crippen LogP contribution is -2.13. The lowest BCUT2D eigenvalue weighted by molar-refractivity contribution is 0.456. The number of anilines is 1. The van der Waals surface area contributed by atoms with Gasteiger partial charge in [0.15, 0.2) is 0 Å². The summed E-state index contributed by atoms with van der Waals surface area (Å²) in [5, 5.41) is 3.86. The molecule has 3 nitrogen and oxygen atoms in total. The average molecular weight is 236 g/mol. The summed E-state index contributed by atoms with van der Waals surface area (Å²) < 4.78 is 0. The predicted octanol–water partition coefficient (Wildman–Crippen LogP) is 2.59. The normalized spacial score (nSPS) is 43.2. The van der Waals surface area contributed by atoms with Crippen LogP contribution >= 0.6 is 11.6 Å². The molecule has 0 saturated heterocycles. The van der Waals surface area contributed by atoms with Crippen LogP contribution in [-0.4, -0.2) is 16.0 Å². The van der Waals surface area contributed by atoms with Crippen molar-refractivity contribution in [2.45, 2.75) is 25.3 Å². The Balaban J connectivity index is 1.51. The van der Waals surface area contributed by atoms with Gasteiger partial charge in [-0.05, 0) is 60.6 Å². The van der Waals surface area contributed by atoms with Crippen LogP contribution < -0.4 is 5.32 Å². The summed E-state index contributed by atoms with van der Waals surface area (Å²) >= 11 is 5.78. The molecule has 16 heavy (non-hydrogen) atoms. The summed E-state index contributed by atoms with van der Waals surface area (Å²) in [7, 11) is 0. The van der Waals surface area contributed by atoms with Gasteiger partial charge in [0, 0.05) is 12.2 Å². The number of nitrogens with zero attached hydrogens (tertiary/aromatic N) is 2. The Kier molecular flexibility index (Phi) is 1.79. The van der Waals surface area contributed by atoms with E-state index in [1.165, 1.54) is 19.3 Å². The molecule has 0 aliphatic heterocycles. The highest BCUT2D eigenvalue weighted by Gasteiger charge is 2.65. The number of aromatic nitrogens is 2. The molecular weight excluding hydrogens is 222 g/mol. The molecule has 4 rings (SSSR count). The maximum atomic E-state index is 5.78. The van der Waals surface area contributed by atoms with Gasteiger partial charge in [0.25, 0.3) is 0 Å². The first-order valence-electron chi connectivity index (χ1n) is 6.08. The van der Waals surface area contributed by atoms with E-state index in [0.29, 0.717) is 11.3 Å². The van der Waals surface area contributed by atoms with Gasteiger partial charge >= 0.3 is 0 Å². The third kappa shape index (κ3) is 1.21. The van der Waals surface area contributed by atoms with Gasteiger partial charge in [-0.25, -0.2) is 9.97 Å². The van der Waals surface area contributed by atoms with Crippen molar-refractivity contribution in [3.63, 3.8) is 0 Å². The van der Waals surface area contributed by atoms with Crippen LogP contribution in [0.1, 0.15) is 19.3 Å². The molecule has 3 aliphatic carbocycles. The van der Waals surface area contributed by atoms with Crippen LogP contribution in [0.3, 0.4) is 0 Å². The minimum atomic E-state index is 0.332. The van der Waals surface area contributed by atoms with E-state index < -0.39 is 0 Å². The number of hydrogen-bond acceptors (Lipinski definition) is 3. The van der Waals surface area contributed by atoms with Gasteiger partial charge < -0.3 is 5.32 Å². The molecule has 1 heterocycles. The van der Waals surface area contributed by atoms with Crippen LogP contribution in [0.5, 0.6) is 0 Å². The molecule has 0 aromatic carbocycles. The fourth-order valence-electron chi connectivity index (χ4n) is 4.10. The van der Waals surface area contributed by atoms with Crippen molar-refractivity contribution in [2.24, 2.45) is 23.7 Å². The van der Waals surface area contributed by atoms with Crippen molar-refractivity contribution < 1.29 is 0 Å². The third-order valence-corrected chi connectivity index (χ3v) is 4.86. The summed E-state index contributed by atoms with van der Waals surface area (Å²) in [6.07, 6.45) is 6.10. The first-order chi connectivity index (χ1) is 7.83. The number of halogens is 1. The largest absolute Gasteiger partial charge is 0.367 e. The molecule has 0 amide bonds. The Morgan fingerprint density at radius 3 is 2.69 bits per heavy atom. The quantitative estimate of drug-likeness (QED) is 0.801. The van der Waals surface area contributed by atoms with E-state index in [9.17, 15) is 0 Å². The van der Waals surface area contributed by atoms with Gasteiger partial charge in [0.05, 0.1) is 0 Å². The first-order valence-corrected chi connectivity index (χ1v) is 6.46. The van der Waals surface area contributed by atoms with E-state index in [-0.39, 0.29) is 0 Å². The maximum Gasteiger partial charge on any atom is 0.224 e. The summed E-state index contributed by atoms with van der Waals surface area (Å²) in [6, 6.07) is 2.57. The Morgan fingerprint density at radius 1 is 1.25 bits per heavy atom.